The molecule has 2 unspecified atom stereocenters. The zero-order valence-corrected chi connectivity index (χ0v) is 12.9. The smallest absolute Gasteiger partial charge is 0.271 e. The van der Waals surface area contributed by atoms with Crippen LogP contribution in [0, 0.1) is 11.6 Å². The Morgan fingerprint density at radius 3 is 2.67 bits per heavy atom. The van der Waals surface area contributed by atoms with Crippen molar-refractivity contribution in [2.75, 3.05) is 18.5 Å². The van der Waals surface area contributed by atoms with E-state index in [1.165, 1.54) is 19.2 Å². The lowest BCUT2D eigenvalue weighted by atomic mass is 10.0. The second-order valence-corrected chi connectivity index (χ2v) is 5.59. The van der Waals surface area contributed by atoms with Crippen molar-refractivity contribution in [3.05, 3.63) is 53.2 Å². The van der Waals surface area contributed by atoms with Crippen molar-refractivity contribution in [2.24, 2.45) is 0 Å². The Hall–Kier alpha value is -2.61. The number of amides is 1. The van der Waals surface area contributed by atoms with Crippen LogP contribution >= 0.6 is 0 Å². The Labute approximate surface area is 137 Å². The van der Waals surface area contributed by atoms with E-state index in [0.29, 0.717) is 17.8 Å². The summed E-state index contributed by atoms with van der Waals surface area (Å²) >= 11 is 0. The highest BCUT2D eigenvalue weighted by atomic mass is 19.2. The quantitative estimate of drug-likeness (QED) is 0.888. The summed E-state index contributed by atoms with van der Waals surface area (Å²) in [5, 5.41) is 20.3. The van der Waals surface area contributed by atoms with Gasteiger partial charge in [-0.05, 0) is 36.2 Å². The van der Waals surface area contributed by atoms with Crippen molar-refractivity contribution in [3.63, 3.8) is 0 Å². The highest BCUT2D eigenvalue weighted by Crippen LogP contribution is 2.35. The third-order valence-corrected chi connectivity index (χ3v) is 4.01. The van der Waals surface area contributed by atoms with Crippen molar-refractivity contribution in [3.8, 4) is 0 Å². The number of carbonyl (C=O) groups excluding carboxylic acids is 1. The molecular formula is C16H16F2N4O2. The summed E-state index contributed by atoms with van der Waals surface area (Å²) in [7, 11) is 1.49. The van der Waals surface area contributed by atoms with E-state index in [9.17, 15) is 18.7 Å². The normalized spacial score (nSPS) is 20.2. The van der Waals surface area contributed by atoms with E-state index >= 15 is 0 Å². The number of halogens is 2. The minimum absolute atomic E-state index is 0.172. The van der Waals surface area contributed by atoms with Gasteiger partial charge in [-0.2, -0.15) is 0 Å². The molecule has 1 aliphatic rings. The summed E-state index contributed by atoms with van der Waals surface area (Å²) in [4.78, 5) is 13.3. The van der Waals surface area contributed by atoms with E-state index in [-0.39, 0.29) is 24.2 Å². The lowest BCUT2D eigenvalue weighted by molar-refractivity contribution is 0.0957. The topological polar surface area (TPSA) is 78.4 Å². The third kappa shape index (κ3) is 3.05. The number of β-amino-alcohol motifs (C(OH)–C–C–N with tert-alkyl or cyclic N) is 1. The van der Waals surface area contributed by atoms with Gasteiger partial charge < -0.3 is 15.3 Å². The Morgan fingerprint density at radius 2 is 2.04 bits per heavy atom. The van der Waals surface area contributed by atoms with Crippen LogP contribution < -0.4 is 10.2 Å². The summed E-state index contributed by atoms with van der Waals surface area (Å²) in [6.07, 6.45) is -0.257. The fraction of sp³-hybridized carbons (Fsp3) is 0.312. The molecule has 1 amide bonds. The second kappa shape index (κ2) is 6.48. The molecule has 1 fully saturated rings. The monoisotopic (exact) mass is 334 g/mol. The van der Waals surface area contributed by atoms with Gasteiger partial charge in [0.25, 0.3) is 5.91 Å². The molecule has 0 saturated carbocycles. The number of nitrogens with one attached hydrogen (secondary N) is 1. The van der Waals surface area contributed by atoms with Crippen LogP contribution in [0.5, 0.6) is 0 Å². The molecule has 1 aliphatic heterocycles. The van der Waals surface area contributed by atoms with E-state index in [2.05, 4.69) is 15.5 Å². The van der Waals surface area contributed by atoms with Crippen molar-refractivity contribution < 1.29 is 18.7 Å². The highest BCUT2D eigenvalue weighted by molar-refractivity contribution is 5.91. The number of hydrogen-bond acceptors (Lipinski definition) is 5. The van der Waals surface area contributed by atoms with Crippen molar-refractivity contribution in [1.82, 2.24) is 15.5 Å². The number of aliphatic hydroxyl groups is 1. The summed E-state index contributed by atoms with van der Waals surface area (Å²) in [5.74, 6) is -1.75. The molecule has 3 rings (SSSR count). The van der Waals surface area contributed by atoms with Gasteiger partial charge in [0.15, 0.2) is 23.1 Å². The largest absolute Gasteiger partial charge is 0.391 e. The predicted molar refractivity (Wildman–Crippen MR) is 82.5 cm³/mol. The van der Waals surface area contributed by atoms with Crippen LogP contribution in [0.15, 0.2) is 30.3 Å². The second-order valence-electron chi connectivity index (χ2n) is 5.59. The van der Waals surface area contributed by atoms with Crippen LogP contribution in [0.4, 0.5) is 14.6 Å². The number of benzene rings is 1. The molecule has 1 aromatic heterocycles. The van der Waals surface area contributed by atoms with Crippen LogP contribution in [-0.4, -0.2) is 40.9 Å². The van der Waals surface area contributed by atoms with Gasteiger partial charge in [-0.1, -0.05) is 6.07 Å². The number of hydrogen-bond donors (Lipinski definition) is 2. The van der Waals surface area contributed by atoms with Gasteiger partial charge in [0, 0.05) is 13.6 Å². The standard InChI is InChI=1S/C16H16F2N4O2/c1-19-16(24)13-4-5-15(21-20-13)22-8-10(23)7-14(22)9-2-3-11(17)12(18)6-9/h2-6,10,14,23H,7-8H2,1H3,(H,19,24). The fourth-order valence-corrected chi connectivity index (χ4v) is 2.83. The molecule has 0 aliphatic carbocycles. The average Bonchev–Trinajstić information content (AvgIpc) is 2.98. The molecule has 1 aromatic carbocycles. The molecule has 2 atom stereocenters. The van der Waals surface area contributed by atoms with E-state index in [1.54, 1.807) is 11.0 Å². The van der Waals surface area contributed by atoms with Gasteiger partial charge in [0.2, 0.25) is 0 Å². The summed E-state index contributed by atoms with van der Waals surface area (Å²) < 4.78 is 26.6. The van der Waals surface area contributed by atoms with Gasteiger partial charge in [-0.25, -0.2) is 8.78 Å². The number of rotatable bonds is 3. The van der Waals surface area contributed by atoms with Crippen LogP contribution in [0.25, 0.3) is 0 Å². The lowest BCUT2D eigenvalue weighted by Crippen LogP contribution is -2.26. The first kappa shape index (κ1) is 16.3. The summed E-state index contributed by atoms with van der Waals surface area (Å²) in [6.45, 7) is 0.289. The first-order valence-electron chi connectivity index (χ1n) is 7.45. The van der Waals surface area contributed by atoms with Gasteiger partial charge in [-0.3, -0.25) is 4.79 Å². The lowest BCUT2D eigenvalue weighted by Gasteiger charge is -2.25. The molecule has 1 saturated heterocycles. The Balaban J connectivity index is 1.90. The first-order chi connectivity index (χ1) is 11.5. The number of nitrogens with zero attached hydrogens (tertiary/aromatic N) is 3. The maximum absolute atomic E-state index is 13.5. The van der Waals surface area contributed by atoms with E-state index < -0.39 is 17.7 Å². The number of aliphatic hydroxyl groups excluding tert-OH is 1. The predicted octanol–water partition coefficient (Wildman–Crippen LogP) is 1.43. The molecule has 2 aromatic rings. The van der Waals surface area contributed by atoms with Gasteiger partial charge in [0.05, 0.1) is 12.1 Å². The average molecular weight is 334 g/mol. The van der Waals surface area contributed by atoms with Gasteiger partial charge >= 0.3 is 0 Å². The van der Waals surface area contributed by atoms with E-state index in [4.69, 9.17) is 0 Å². The maximum atomic E-state index is 13.5. The summed E-state index contributed by atoms with van der Waals surface area (Å²) in [6, 6.07) is 6.46. The first-order valence-corrected chi connectivity index (χ1v) is 7.45. The minimum Gasteiger partial charge on any atom is -0.391 e. The molecule has 8 heteroatoms. The van der Waals surface area contributed by atoms with Crippen molar-refractivity contribution >= 4 is 11.7 Å². The third-order valence-electron chi connectivity index (χ3n) is 4.01. The van der Waals surface area contributed by atoms with E-state index in [1.807, 2.05) is 0 Å². The zero-order chi connectivity index (χ0) is 17.3. The molecule has 6 nitrogen and oxygen atoms in total. The minimum atomic E-state index is -0.935. The molecule has 0 spiro atoms. The van der Waals surface area contributed by atoms with Crippen LogP contribution in [0.1, 0.15) is 28.5 Å². The van der Waals surface area contributed by atoms with Gasteiger partial charge in [0.1, 0.15) is 0 Å². The SMILES string of the molecule is CNC(=O)c1ccc(N2CC(O)CC2c2ccc(F)c(F)c2)nn1. The maximum Gasteiger partial charge on any atom is 0.271 e. The molecule has 2 heterocycles. The molecule has 24 heavy (non-hydrogen) atoms. The Bertz CT molecular complexity index is 754. The van der Waals surface area contributed by atoms with Crippen LogP contribution in [-0.2, 0) is 0 Å². The molecule has 0 radical (unpaired) electrons. The Kier molecular flexibility index (Phi) is 4.39. The number of aromatic nitrogens is 2. The molecular weight excluding hydrogens is 318 g/mol. The van der Waals surface area contributed by atoms with Crippen molar-refractivity contribution in [2.45, 2.75) is 18.6 Å². The number of carbonyl (C=O) groups is 1. The number of anilines is 1. The van der Waals surface area contributed by atoms with E-state index in [0.717, 1.165) is 12.1 Å². The van der Waals surface area contributed by atoms with Gasteiger partial charge in [-0.15, -0.1) is 10.2 Å². The highest BCUT2D eigenvalue weighted by Gasteiger charge is 2.33. The molecule has 2 N–H and O–H groups in total. The van der Waals surface area contributed by atoms with Crippen molar-refractivity contribution in [1.29, 1.82) is 0 Å². The molecule has 126 valence electrons. The fourth-order valence-electron chi connectivity index (χ4n) is 2.83. The van der Waals surface area contributed by atoms with Crippen LogP contribution in [0.3, 0.4) is 0 Å². The Morgan fingerprint density at radius 1 is 1.25 bits per heavy atom. The zero-order valence-electron chi connectivity index (χ0n) is 12.9. The molecule has 0 bridgehead atoms. The van der Waals surface area contributed by atoms with Crippen LogP contribution in [0.2, 0.25) is 0 Å². The summed E-state index contributed by atoms with van der Waals surface area (Å²) in [5.41, 5.74) is 0.716.